The Labute approximate surface area is 121 Å². The molecule has 21 heavy (non-hydrogen) atoms. The minimum atomic E-state index is -0.0762. The number of hydrogen-bond acceptors (Lipinski definition) is 5. The Bertz CT molecular complexity index is 684. The molecular formula is C14H14N6O. The van der Waals surface area contributed by atoms with Crippen LogP contribution in [0, 0.1) is 11.3 Å². The number of carbonyl (C=O) groups excluding carboxylic acids is 1. The van der Waals surface area contributed by atoms with E-state index in [2.05, 4.69) is 15.5 Å². The van der Waals surface area contributed by atoms with Gasteiger partial charge in [-0.25, -0.2) is 0 Å². The van der Waals surface area contributed by atoms with Crippen LogP contribution in [-0.2, 0) is 17.9 Å². The molecule has 3 rings (SSSR count). The molecule has 1 aromatic heterocycles. The largest absolute Gasteiger partial charge is 0.325 e. The molecule has 0 spiro atoms. The average Bonchev–Trinajstić information content (AvgIpc) is 2.95. The van der Waals surface area contributed by atoms with Crippen LogP contribution >= 0.6 is 0 Å². The van der Waals surface area contributed by atoms with Gasteiger partial charge in [0, 0.05) is 18.8 Å². The number of hydrogen-bond donors (Lipinski definition) is 1. The molecule has 2 heterocycles. The van der Waals surface area contributed by atoms with Gasteiger partial charge in [0.25, 0.3) is 0 Å². The number of amides is 1. The lowest BCUT2D eigenvalue weighted by Gasteiger charge is -2.26. The number of nitriles is 1. The predicted octanol–water partition coefficient (Wildman–Crippen LogP) is 0.604. The van der Waals surface area contributed by atoms with Gasteiger partial charge in [-0.2, -0.15) is 5.26 Å². The van der Waals surface area contributed by atoms with Gasteiger partial charge >= 0.3 is 0 Å². The summed E-state index contributed by atoms with van der Waals surface area (Å²) in [6.07, 6.45) is 1.71. The summed E-state index contributed by atoms with van der Waals surface area (Å²) < 4.78 is 2.00. The topological polar surface area (TPSA) is 86.8 Å². The van der Waals surface area contributed by atoms with Crippen molar-refractivity contribution in [1.82, 2.24) is 19.7 Å². The molecule has 2 aromatic rings. The molecule has 1 aromatic carbocycles. The minimum Gasteiger partial charge on any atom is -0.325 e. The van der Waals surface area contributed by atoms with Crippen LogP contribution in [0.2, 0.25) is 0 Å². The maximum absolute atomic E-state index is 12.0. The number of carbonyl (C=O) groups is 1. The van der Waals surface area contributed by atoms with Crippen LogP contribution in [-0.4, -0.2) is 38.7 Å². The quantitative estimate of drug-likeness (QED) is 0.891. The number of anilines is 1. The molecule has 0 saturated carbocycles. The molecule has 7 nitrogen and oxygen atoms in total. The zero-order valence-corrected chi connectivity index (χ0v) is 11.4. The van der Waals surface area contributed by atoms with Crippen molar-refractivity contribution in [3.63, 3.8) is 0 Å². The van der Waals surface area contributed by atoms with E-state index in [-0.39, 0.29) is 5.91 Å². The van der Waals surface area contributed by atoms with Crippen molar-refractivity contribution in [3.8, 4) is 6.07 Å². The van der Waals surface area contributed by atoms with Gasteiger partial charge in [0.05, 0.1) is 24.7 Å². The molecule has 0 fully saturated rings. The molecule has 0 unspecified atom stereocenters. The van der Waals surface area contributed by atoms with E-state index in [1.165, 1.54) is 0 Å². The summed E-state index contributed by atoms with van der Waals surface area (Å²) in [5.74, 6) is 0.806. The number of rotatable bonds is 3. The fraction of sp³-hybridized carbons (Fsp3) is 0.286. The summed E-state index contributed by atoms with van der Waals surface area (Å²) in [4.78, 5) is 14.1. The highest BCUT2D eigenvalue weighted by molar-refractivity contribution is 5.92. The lowest BCUT2D eigenvalue weighted by molar-refractivity contribution is -0.117. The molecule has 1 aliphatic rings. The Morgan fingerprint density at radius 1 is 1.33 bits per heavy atom. The zero-order chi connectivity index (χ0) is 14.7. The summed E-state index contributed by atoms with van der Waals surface area (Å²) in [7, 11) is 0. The Balaban J connectivity index is 1.56. The van der Waals surface area contributed by atoms with Crippen molar-refractivity contribution in [3.05, 3.63) is 42.0 Å². The van der Waals surface area contributed by atoms with E-state index in [0.29, 0.717) is 24.3 Å². The summed E-state index contributed by atoms with van der Waals surface area (Å²) >= 11 is 0. The average molecular weight is 282 g/mol. The molecule has 0 aliphatic carbocycles. The highest BCUT2D eigenvalue weighted by Gasteiger charge is 2.19. The molecule has 106 valence electrons. The van der Waals surface area contributed by atoms with E-state index in [9.17, 15) is 4.79 Å². The van der Waals surface area contributed by atoms with Gasteiger partial charge in [-0.05, 0) is 24.3 Å². The molecule has 0 bridgehead atoms. The number of benzene rings is 1. The lowest BCUT2D eigenvalue weighted by Crippen LogP contribution is -2.39. The van der Waals surface area contributed by atoms with Crippen molar-refractivity contribution >= 4 is 11.6 Å². The van der Waals surface area contributed by atoms with Gasteiger partial charge in [-0.3, -0.25) is 9.69 Å². The maximum atomic E-state index is 12.0. The van der Waals surface area contributed by atoms with Crippen LogP contribution in [0.5, 0.6) is 0 Å². The van der Waals surface area contributed by atoms with E-state index >= 15 is 0 Å². The Morgan fingerprint density at radius 2 is 2.14 bits per heavy atom. The summed E-state index contributed by atoms with van der Waals surface area (Å²) in [6, 6.07) is 8.85. The van der Waals surface area contributed by atoms with Crippen molar-refractivity contribution in [1.29, 1.82) is 5.26 Å². The number of fused-ring (bicyclic) bond motifs is 1. The van der Waals surface area contributed by atoms with Crippen molar-refractivity contribution in [2.45, 2.75) is 13.1 Å². The van der Waals surface area contributed by atoms with E-state index in [0.717, 1.165) is 18.9 Å². The Hall–Kier alpha value is -2.72. The van der Waals surface area contributed by atoms with Crippen LogP contribution in [0.15, 0.2) is 30.6 Å². The summed E-state index contributed by atoms with van der Waals surface area (Å²) in [5.41, 5.74) is 1.27. The molecule has 0 radical (unpaired) electrons. The zero-order valence-electron chi connectivity index (χ0n) is 11.4. The lowest BCUT2D eigenvalue weighted by atomic mass is 10.2. The van der Waals surface area contributed by atoms with E-state index in [4.69, 9.17) is 5.26 Å². The van der Waals surface area contributed by atoms with Crippen LogP contribution in [0.4, 0.5) is 5.69 Å². The summed E-state index contributed by atoms with van der Waals surface area (Å²) in [6.45, 7) is 2.53. The molecular weight excluding hydrogens is 268 g/mol. The first-order chi connectivity index (χ1) is 10.2. The van der Waals surface area contributed by atoms with Crippen molar-refractivity contribution in [2.75, 3.05) is 18.4 Å². The van der Waals surface area contributed by atoms with E-state index < -0.39 is 0 Å². The van der Waals surface area contributed by atoms with Gasteiger partial charge in [0.15, 0.2) is 0 Å². The van der Waals surface area contributed by atoms with Gasteiger partial charge in [0.2, 0.25) is 5.91 Å². The second-order valence-electron chi connectivity index (χ2n) is 4.89. The normalized spacial score (nSPS) is 14.2. The second kappa shape index (κ2) is 5.73. The highest BCUT2D eigenvalue weighted by Crippen LogP contribution is 2.11. The van der Waals surface area contributed by atoms with Crippen molar-refractivity contribution in [2.24, 2.45) is 0 Å². The van der Waals surface area contributed by atoms with E-state index in [1.807, 2.05) is 15.5 Å². The third kappa shape index (κ3) is 3.07. The molecule has 1 amide bonds. The van der Waals surface area contributed by atoms with Crippen LogP contribution in [0.3, 0.4) is 0 Å². The third-order valence-corrected chi connectivity index (χ3v) is 3.38. The fourth-order valence-corrected chi connectivity index (χ4v) is 2.28. The molecule has 1 aliphatic heterocycles. The SMILES string of the molecule is N#Cc1ccc(NC(=O)CN2CCn3cnnc3C2)cc1. The highest BCUT2D eigenvalue weighted by atomic mass is 16.2. The van der Waals surface area contributed by atoms with Gasteiger partial charge in [-0.1, -0.05) is 0 Å². The first-order valence-corrected chi connectivity index (χ1v) is 6.63. The number of aromatic nitrogens is 3. The number of nitrogens with zero attached hydrogens (tertiary/aromatic N) is 5. The maximum Gasteiger partial charge on any atom is 0.238 e. The van der Waals surface area contributed by atoms with Crippen LogP contribution in [0.1, 0.15) is 11.4 Å². The van der Waals surface area contributed by atoms with Crippen LogP contribution < -0.4 is 5.32 Å². The molecule has 0 atom stereocenters. The minimum absolute atomic E-state index is 0.0762. The number of nitrogens with one attached hydrogen (secondary N) is 1. The second-order valence-corrected chi connectivity index (χ2v) is 4.89. The van der Waals surface area contributed by atoms with Gasteiger partial charge < -0.3 is 9.88 Å². The summed E-state index contributed by atoms with van der Waals surface area (Å²) in [5, 5.41) is 19.4. The van der Waals surface area contributed by atoms with Gasteiger partial charge in [-0.15, -0.1) is 10.2 Å². The monoisotopic (exact) mass is 282 g/mol. The third-order valence-electron chi connectivity index (χ3n) is 3.38. The standard InChI is InChI=1S/C14H14N6O/c15-7-11-1-3-12(4-2-11)17-14(21)9-19-5-6-20-10-16-18-13(20)8-19/h1-4,10H,5-6,8-9H2,(H,17,21). The van der Waals surface area contributed by atoms with E-state index in [1.54, 1.807) is 30.6 Å². The van der Waals surface area contributed by atoms with Crippen molar-refractivity contribution < 1.29 is 4.79 Å². The predicted molar refractivity (Wildman–Crippen MR) is 75.1 cm³/mol. The van der Waals surface area contributed by atoms with Crippen LogP contribution in [0.25, 0.3) is 0 Å². The first kappa shape index (κ1) is 13.3. The Kier molecular flexibility index (Phi) is 3.62. The van der Waals surface area contributed by atoms with Gasteiger partial charge in [0.1, 0.15) is 12.2 Å². The fourth-order valence-electron chi connectivity index (χ4n) is 2.28. The Morgan fingerprint density at radius 3 is 2.90 bits per heavy atom. The first-order valence-electron chi connectivity index (χ1n) is 6.63. The molecule has 0 saturated heterocycles. The smallest absolute Gasteiger partial charge is 0.238 e. The molecule has 1 N–H and O–H groups in total. The molecule has 7 heteroatoms.